The van der Waals surface area contributed by atoms with Gasteiger partial charge < -0.3 is 5.73 Å². The zero-order chi connectivity index (χ0) is 11.5. The van der Waals surface area contributed by atoms with E-state index >= 15 is 0 Å². The van der Waals surface area contributed by atoms with E-state index in [-0.39, 0.29) is 18.8 Å². The van der Waals surface area contributed by atoms with E-state index in [2.05, 4.69) is 15.9 Å². The molecular weight excluding hydrogens is 306 g/mol. The van der Waals surface area contributed by atoms with Crippen LogP contribution in [0, 0.1) is 0 Å². The molecule has 2 N–H and O–H groups in total. The SMILES string of the molecule is Cl.N[C@@H](CCC(F)(F)F)c1ccc(Br)cc1. The van der Waals surface area contributed by atoms with Gasteiger partial charge in [-0.1, -0.05) is 28.1 Å². The summed E-state index contributed by atoms with van der Waals surface area (Å²) in [6.45, 7) is 0. The lowest BCUT2D eigenvalue weighted by Crippen LogP contribution is -2.15. The van der Waals surface area contributed by atoms with Gasteiger partial charge in [-0.15, -0.1) is 12.4 Å². The molecule has 1 aromatic carbocycles. The van der Waals surface area contributed by atoms with Crippen molar-refractivity contribution in [3.8, 4) is 0 Å². The largest absolute Gasteiger partial charge is 0.389 e. The second kappa shape index (κ2) is 6.47. The molecule has 1 nitrogen and oxygen atoms in total. The van der Waals surface area contributed by atoms with Crippen LogP contribution < -0.4 is 5.73 Å². The monoisotopic (exact) mass is 317 g/mol. The molecular formula is C10H12BrClF3N. The summed E-state index contributed by atoms with van der Waals surface area (Å²) in [7, 11) is 0. The molecule has 0 aromatic heterocycles. The van der Waals surface area contributed by atoms with Gasteiger partial charge in [-0.3, -0.25) is 0 Å². The molecule has 1 aromatic rings. The lowest BCUT2D eigenvalue weighted by atomic mass is 10.0. The third-order valence-electron chi connectivity index (χ3n) is 2.04. The maximum absolute atomic E-state index is 11.9. The Kier molecular flexibility index (Phi) is 6.36. The predicted molar refractivity (Wildman–Crippen MR) is 63.6 cm³/mol. The molecule has 0 radical (unpaired) electrons. The van der Waals surface area contributed by atoms with Crippen LogP contribution in [0.1, 0.15) is 24.4 Å². The van der Waals surface area contributed by atoms with Crippen LogP contribution in [0.5, 0.6) is 0 Å². The molecule has 0 fully saturated rings. The molecule has 0 unspecified atom stereocenters. The molecule has 6 heteroatoms. The Balaban J connectivity index is 0.00000225. The van der Waals surface area contributed by atoms with Crippen molar-refractivity contribution in [2.45, 2.75) is 25.1 Å². The fourth-order valence-corrected chi connectivity index (χ4v) is 1.46. The van der Waals surface area contributed by atoms with Crippen LogP contribution in [-0.2, 0) is 0 Å². The summed E-state index contributed by atoms with van der Waals surface area (Å²) >= 11 is 3.24. The van der Waals surface area contributed by atoms with Crippen LogP contribution in [0.2, 0.25) is 0 Å². The minimum absolute atomic E-state index is 0. The van der Waals surface area contributed by atoms with Gasteiger partial charge >= 0.3 is 6.18 Å². The minimum atomic E-state index is -4.13. The lowest BCUT2D eigenvalue weighted by molar-refractivity contribution is -0.136. The molecule has 1 atom stereocenters. The normalized spacial score (nSPS) is 13.1. The van der Waals surface area contributed by atoms with Gasteiger partial charge in [0, 0.05) is 16.9 Å². The maximum Gasteiger partial charge on any atom is 0.389 e. The summed E-state index contributed by atoms with van der Waals surface area (Å²) in [6, 6.07) is 6.43. The van der Waals surface area contributed by atoms with Crippen LogP contribution in [0.15, 0.2) is 28.7 Å². The topological polar surface area (TPSA) is 26.0 Å². The number of rotatable bonds is 3. The number of alkyl halides is 3. The molecule has 0 spiro atoms. The number of nitrogens with two attached hydrogens (primary N) is 1. The molecule has 16 heavy (non-hydrogen) atoms. The van der Waals surface area contributed by atoms with Gasteiger partial charge in [-0.05, 0) is 24.1 Å². The molecule has 0 aliphatic carbocycles. The standard InChI is InChI=1S/C10H11BrF3N.ClH/c11-8-3-1-7(2-4-8)9(15)5-6-10(12,13)14;/h1-4,9H,5-6,15H2;1H/t9-;/m0./s1. The van der Waals surface area contributed by atoms with E-state index in [1.807, 2.05) is 0 Å². The second-order valence-corrected chi connectivity index (χ2v) is 4.23. The van der Waals surface area contributed by atoms with E-state index in [0.29, 0.717) is 0 Å². The predicted octanol–water partition coefficient (Wildman–Crippen LogP) is 4.21. The smallest absolute Gasteiger partial charge is 0.324 e. The molecule has 0 bridgehead atoms. The van der Waals surface area contributed by atoms with Crippen molar-refractivity contribution in [2.24, 2.45) is 5.73 Å². The van der Waals surface area contributed by atoms with Crippen LogP contribution >= 0.6 is 28.3 Å². The Bertz CT molecular complexity index is 313. The highest BCUT2D eigenvalue weighted by molar-refractivity contribution is 9.10. The summed E-state index contributed by atoms with van der Waals surface area (Å²) in [6.07, 6.45) is -5.05. The van der Waals surface area contributed by atoms with E-state index in [9.17, 15) is 13.2 Å². The average molecular weight is 319 g/mol. The number of hydrogen-bond donors (Lipinski definition) is 1. The van der Waals surface area contributed by atoms with E-state index in [0.717, 1.165) is 10.0 Å². The molecule has 0 saturated carbocycles. The van der Waals surface area contributed by atoms with Crippen molar-refractivity contribution in [2.75, 3.05) is 0 Å². The van der Waals surface area contributed by atoms with Crippen LogP contribution in [0.3, 0.4) is 0 Å². The molecule has 0 saturated heterocycles. The fourth-order valence-electron chi connectivity index (χ4n) is 1.20. The van der Waals surface area contributed by atoms with E-state index in [4.69, 9.17) is 5.73 Å². The number of benzene rings is 1. The fraction of sp³-hybridized carbons (Fsp3) is 0.400. The quantitative estimate of drug-likeness (QED) is 0.887. The van der Waals surface area contributed by atoms with Gasteiger partial charge in [0.05, 0.1) is 0 Å². The zero-order valence-electron chi connectivity index (χ0n) is 8.30. The molecule has 92 valence electrons. The third kappa shape index (κ3) is 5.72. The maximum atomic E-state index is 11.9. The number of hydrogen-bond acceptors (Lipinski definition) is 1. The first-order valence-electron chi connectivity index (χ1n) is 4.46. The molecule has 0 amide bonds. The van der Waals surface area contributed by atoms with Gasteiger partial charge in [-0.2, -0.15) is 13.2 Å². The Morgan fingerprint density at radius 2 is 1.69 bits per heavy atom. The Morgan fingerprint density at radius 3 is 2.12 bits per heavy atom. The Labute approximate surface area is 107 Å². The Hall–Kier alpha value is -0.260. The molecule has 1 rings (SSSR count). The molecule has 0 heterocycles. The van der Waals surface area contributed by atoms with Gasteiger partial charge in [0.1, 0.15) is 0 Å². The van der Waals surface area contributed by atoms with E-state index in [1.165, 1.54) is 0 Å². The summed E-state index contributed by atoms with van der Waals surface area (Å²) in [4.78, 5) is 0. The van der Waals surface area contributed by atoms with Gasteiger partial charge in [-0.25, -0.2) is 0 Å². The van der Waals surface area contributed by atoms with Crippen molar-refractivity contribution in [3.05, 3.63) is 34.3 Å². The zero-order valence-corrected chi connectivity index (χ0v) is 10.7. The first kappa shape index (κ1) is 15.7. The van der Waals surface area contributed by atoms with Crippen LogP contribution in [0.25, 0.3) is 0 Å². The van der Waals surface area contributed by atoms with Crippen LogP contribution in [0.4, 0.5) is 13.2 Å². The molecule has 0 aliphatic rings. The average Bonchev–Trinajstić information content (AvgIpc) is 2.14. The van der Waals surface area contributed by atoms with Crippen molar-refractivity contribution < 1.29 is 13.2 Å². The van der Waals surface area contributed by atoms with E-state index in [1.54, 1.807) is 24.3 Å². The van der Waals surface area contributed by atoms with Crippen LogP contribution in [-0.4, -0.2) is 6.18 Å². The summed E-state index contributed by atoms with van der Waals surface area (Å²) in [5, 5.41) is 0. The van der Waals surface area contributed by atoms with E-state index < -0.39 is 18.6 Å². The third-order valence-corrected chi connectivity index (χ3v) is 2.57. The summed E-state index contributed by atoms with van der Waals surface area (Å²) < 4.78 is 36.7. The Morgan fingerprint density at radius 1 is 1.19 bits per heavy atom. The van der Waals surface area contributed by atoms with Crippen molar-refractivity contribution in [1.29, 1.82) is 0 Å². The first-order chi connectivity index (χ1) is 6.88. The van der Waals surface area contributed by atoms with Gasteiger partial charge in [0.2, 0.25) is 0 Å². The van der Waals surface area contributed by atoms with Crippen molar-refractivity contribution in [3.63, 3.8) is 0 Å². The number of halogens is 5. The summed E-state index contributed by atoms with van der Waals surface area (Å²) in [5.74, 6) is 0. The minimum Gasteiger partial charge on any atom is -0.324 e. The highest BCUT2D eigenvalue weighted by Gasteiger charge is 2.27. The first-order valence-corrected chi connectivity index (χ1v) is 5.25. The van der Waals surface area contributed by atoms with Crippen molar-refractivity contribution in [1.82, 2.24) is 0 Å². The molecule has 0 aliphatic heterocycles. The van der Waals surface area contributed by atoms with Crippen molar-refractivity contribution >= 4 is 28.3 Å². The highest BCUT2D eigenvalue weighted by Crippen LogP contribution is 2.26. The highest BCUT2D eigenvalue weighted by atomic mass is 79.9. The van der Waals surface area contributed by atoms with Gasteiger partial charge in [0.15, 0.2) is 0 Å². The summed E-state index contributed by atoms with van der Waals surface area (Å²) in [5.41, 5.74) is 6.36. The lowest BCUT2D eigenvalue weighted by Gasteiger charge is -2.13. The van der Waals surface area contributed by atoms with Gasteiger partial charge in [0.25, 0.3) is 0 Å². The second-order valence-electron chi connectivity index (χ2n) is 3.31.